The van der Waals surface area contributed by atoms with E-state index >= 15 is 0 Å². The van der Waals surface area contributed by atoms with Crippen LogP contribution in [0.3, 0.4) is 0 Å². The Kier molecular flexibility index (Phi) is 4.93. The molecule has 110 valence electrons. The smallest absolute Gasteiger partial charge is 0.307 e. The van der Waals surface area contributed by atoms with Crippen LogP contribution in [0.15, 0.2) is 24.4 Å². The molecule has 0 aliphatic heterocycles. The van der Waals surface area contributed by atoms with Crippen LogP contribution in [0.2, 0.25) is 15.1 Å². The van der Waals surface area contributed by atoms with Crippen LogP contribution in [0.5, 0.6) is 5.88 Å². The second-order valence-electron chi connectivity index (χ2n) is 4.15. The van der Waals surface area contributed by atoms with Crippen LogP contribution >= 0.6 is 34.8 Å². The first-order valence-electron chi connectivity index (χ1n) is 5.83. The van der Waals surface area contributed by atoms with Crippen LogP contribution in [0.4, 0.5) is 0 Å². The lowest BCUT2D eigenvalue weighted by molar-refractivity contribution is -0.136. The fraction of sp³-hybridized carbons (Fsp3) is 0.143. The van der Waals surface area contributed by atoms with Crippen LogP contribution in [0.25, 0.3) is 11.1 Å². The second kappa shape index (κ2) is 6.52. The molecule has 0 aliphatic rings. The van der Waals surface area contributed by atoms with Gasteiger partial charge < -0.3 is 9.84 Å². The van der Waals surface area contributed by atoms with Crippen LogP contribution in [-0.4, -0.2) is 23.2 Å². The number of aromatic nitrogens is 1. The van der Waals surface area contributed by atoms with Crippen molar-refractivity contribution in [3.63, 3.8) is 0 Å². The van der Waals surface area contributed by atoms with E-state index in [1.807, 2.05) is 0 Å². The lowest BCUT2D eigenvalue weighted by Gasteiger charge is -2.14. The fourth-order valence-electron chi connectivity index (χ4n) is 1.95. The van der Waals surface area contributed by atoms with Crippen molar-refractivity contribution in [2.75, 3.05) is 7.11 Å². The standard InChI is InChI=1S/C14H10Cl3NO3/c1-21-14-11(7(4-5-18-14)6-10(19)20)8-2-3-9(15)13(17)12(8)16/h2-5H,6H2,1H3,(H,19,20). The maximum Gasteiger partial charge on any atom is 0.307 e. The average Bonchev–Trinajstić information content (AvgIpc) is 2.45. The minimum Gasteiger partial charge on any atom is -0.481 e. The third-order valence-corrected chi connectivity index (χ3v) is 4.14. The highest BCUT2D eigenvalue weighted by atomic mass is 35.5. The highest BCUT2D eigenvalue weighted by molar-refractivity contribution is 6.49. The van der Waals surface area contributed by atoms with E-state index in [2.05, 4.69) is 4.98 Å². The van der Waals surface area contributed by atoms with Crippen molar-refractivity contribution >= 4 is 40.8 Å². The molecule has 0 unspecified atom stereocenters. The van der Waals surface area contributed by atoms with Crippen molar-refractivity contribution in [2.45, 2.75) is 6.42 Å². The maximum absolute atomic E-state index is 11.0. The largest absolute Gasteiger partial charge is 0.481 e. The molecule has 2 rings (SSSR count). The van der Waals surface area contributed by atoms with E-state index in [0.29, 0.717) is 21.7 Å². The number of carboxylic acids is 1. The van der Waals surface area contributed by atoms with Gasteiger partial charge in [-0.25, -0.2) is 4.98 Å². The molecule has 21 heavy (non-hydrogen) atoms. The van der Waals surface area contributed by atoms with Gasteiger partial charge >= 0.3 is 5.97 Å². The molecule has 4 nitrogen and oxygen atoms in total. The van der Waals surface area contributed by atoms with Gasteiger partial charge in [0, 0.05) is 17.3 Å². The number of methoxy groups -OCH3 is 1. The SMILES string of the molecule is COc1nccc(CC(=O)O)c1-c1ccc(Cl)c(Cl)c1Cl. The van der Waals surface area contributed by atoms with Crippen LogP contribution in [0.1, 0.15) is 5.56 Å². The molecule has 0 saturated heterocycles. The number of aliphatic carboxylic acids is 1. The molecular formula is C14H10Cl3NO3. The van der Waals surface area contributed by atoms with Crippen LogP contribution in [0, 0.1) is 0 Å². The molecule has 1 aromatic carbocycles. The van der Waals surface area contributed by atoms with Gasteiger partial charge in [-0.05, 0) is 17.7 Å². The number of nitrogens with zero attached hydrogens (tertiary/aromatic N) is 1. The number of carbonyl (C=O) groups is 1. The third-order valence-electron chi connectivity index (χ3n) is 2.84. The van der Waals surface area contributed by atoms with E-state index in [1.54, 1.807) is 18.2 Å². The van der Waals surface area contributed by atoms with Gasteiger partial charge in [-0.1, -0.05) is 40.9 Å². The Morgan fingerprint density at radius 3 is 2.57 bits per heavy atom. The van der Waals surface area contributed by atoms with E-state index in [1.165, 1.54) is 13.3 Å². The lowest BCUT2D eigenvalue weighted by Crippen LogP contribution is -2.04. The summed E-state index contributed by atoms with van der Waals surface area (Å²) < 4.78 is 5.21. The van der Waals surface area contributed by atoms with E-state index < -0.39 is 5.97 Å². The summed E-state index contributed by atoms with van der Waals surface area (Å²) in [4.78, 5) is 15.1. The van der Waals surface area contributed by atoms with Crippen molar-refractivity contribution in [2.24, 2.45) is 0 Å². The minimum absolute atomic E-state index is 0.190. The van der Waals surface area contributed by atoms with E-state index in [0.717, 1.165) is 0 Å². The molecule has 0 amide bonds. The molecule has 0 saturated carbocycles. The normalized spacial score (nSPS) is 10.5. The Balaban J connectivity index is 2.72. The van der Waals surface area contributed by atoms with E-state index in [4.69, 9.17) is 44.6 Å². The van der Waals surface area contributed by atoms with E-state index in [-0.39, 0.29) is 22.3 Å². The van der Waals surface area contributed by atoms with Gasteiger partial charge in [0.15, 0.2) is 0 Å². The van der Waals surface area contributed by atoms with Crippen molar-refractivity contribution < 1.29 is 14.6 Å². The third kappa shape index (κ3) is 3.23. The Labute approximate surface area is 136 Å². The quantitative estimate of drug-likeness (QED) is 0.836. The lowest BCUT2D eigenvalue weighted by atomic mass is 9.99. The fourth-order valence-corrected chi connectivity index (χ4v) is 2.58. The molecule has 7 heteroatoms. The highest BCUT2D eigenvalue weighted by Crippen LogP contribution is 2.42. The van der Waals surface area contributed by atoms with E-state index in [9.17, 15) is 4.79 Å². The van der Waals surface area contributed by atoms with Gasteiger partial charge in [0.25, 0.3) is 0 Å². The molecule has 0 fully saturated rings. The number of ether oxygens (including phenoxy) is 1. The molecule has 0 atom stereocenters. The molecule has 0 radical (unpaired) electrons. The molecule has 0 spiro atoms. The first kappa shape index (κ1) is 15.9. The molecule has 1 aromatic heterocycles. The minimum atomic E-state index is -0.972. The molecule has 0 bridgehead atoms. The number of hydrogen-bond acceptors (Lipinski definition) is 3. The predicted octanol–water partition coefficient (Wildman–Crippen LogP) is 4.34. The Hall–Kier alpha value is -1.49. The zero-order chi connectivity index (χ0) is 15.6. The molecule has 1 N–H and O–H groups in total. The zero-order valence-corrected chi connectivity index (χ0v) is 13.1. The van der Waals surface area contributed by atoms with Gasteiger partial charge in [0.05, 0.1) is 28.6 Å². The number of carboxylic acid groups (broad SMARTS) is 1. The highest BCUT2D eigenvalue weighted by Gasteiger charge is 2.19. The topological polar surface area (TPSA) is 59.4 Å². The first-order chi connectivity index (χ1) is 9.95. The predicted molar refractivity (Wildman–Crippen MR) is 82.6 cm³/mol. The number of benzene rings is 1. The van der Waals surface area contributed by atoms with Gasteiger partial charge in [-0.15, -0.1) is 0 Å². The van der Waals surface area contributed by atoms with Gasteiger partial charge in [0.1, 0.15) is 0 Å². The van der Waals surface area contributed by atoms with Crippen molar-refractivity contribution in [3.05, 3.63) is 45.0 Å². The van der Waals surface area contributed by atoms with Crippen molar-refractivity contribution in [3.8, 4) is 17.0 Å². The molecular weight excluding hydrogens is 337 g/mol. The number of halogens is 3. The van der Waals surface area contributed by atoms with Gasteiger partial charge in [-0.3, -0.25) is 4.79 Å². The molecule has 2 aromatic rings. The van der Waals surface area contributed by atoms with Crippen molar-refractivity contribution in [1.82, 2.24) is 4.98 Å². The number of hydrogen-bond donors (Lipinski definition) is 1. The maximum atomic E-state index is 11.0. The summed E-state index contributed by atoms with van der Waals surface area (Å²) in [6.45, 7) is 0. The van der Waals surface area contributed by atoms with Crippen molar-refractivity contribution in [1.29, 1.82) is 0 Å². The average molecular weight is 347 g/mol. The second-order valence-corrected chi connectivity index (χ2v) is 5.31. The Morgan fingerprint density at radius 2 is 1.95 bits per heavy atom. The van der Waals surface area contributed by atoms with Gasteiger partial charge in [0.2, 0.25) is 5.88 Å². The Morgan fingerprint density at radius 1 is 1.24 bits per heavy atom. The summed E-state index contributed by atoms with van der Waals surface area (Å²) in [5, 5.41) is 9.76. The summed E-state index contributed by atoms with van der Waals surface area (Å²) in [5.74, 6) is -0.699. The Bertz CT molecular complexity index is 704. The first-order valence-corrected chi connectivity index (χ1v) is 6.96. The molecule has 0 aliphatic carbocycles. The van der Waals surface area contributed by atoms with Crippen LogP contribution < -0.4 is 4.74 Å². The van der Waals surface area contributed by atoms with Crippen LogP contribution in [-0.2, 0) is 11.2 Å². The summed E-state index contributed by atoms with van der Waals surface area (Å²) >= 11 is 18.2. The summed E-state index contributed by atoms with van der Waals surface area (Å²) in [5.41, 5.74) is 1.54. The number of rotatable bonds is 4. The summed E-state index contributed by atoms with van der Waals surface area (Å²) in [6, 6.07) is 4.84. The monoisotopic (exact) mass is 345 g/mol. The number of pyridine rings is 1. The molecule has 1 heterocycles. The summed E-state index contributed by atoms with van der Waals surface area (Å²) in [6.07, 6.45) is 1.29. The zero-order valence-electron chi connectivity index (χ0n) is 10.9. The van der Waals surface area contributed by atoms with Gasteiger partial charge in [-0.2, -0.15) is 0 Å². The summed E-state index contributed by atoms with van der Waals surface area (Å²) in [7, 11) is 1.45.